The zero-order chi connectivity index (χ0) is 20.8. The molecule has 0 bridgehead atoms. The lowest BCUT2D eigenvalue weighted by Gasteiger charge is -2.28. The minimum atomic E-state index is -1.30. The predicted octanol–water partition coefficient (Wildman–Crippen LogP) is 1.68. The second kappa shape index (κ2) is 9.50. The number of carbonyl (C=O) groups excluding carboxylic acids is 4. The van der Waals surface area contributed by atoms with Crippen LogP contribution >= 0.6 is 11.3 Å². The third-order valence-electron chi connectivity index (χ3n) is 4.40. The van der Waals surface area contributed by atoms with Gasteiger partial charge in [0.1, 0.15) is 9.88 Å². The minimum absolute atomic E-state index is 0.0691. The average Bonchev–Trinajstić information content (AvgIpc) is 2.98. The fourth-order valence-corrected chi connectivity index (χ4v) is 4.10. The van der Waals surface area contributed by atoms with Crippen LogP contribution in [0.15, 0.2) is 12.2 Å². The van der Waals surface area contributed by atoms with Crippen LogP contribution in [-0.2, 0) is 19.1 Å². The molecule has 152 valence electrons. The number of allylic oxidation sites excluding steroid dienone is 2. The van der Waals surface area contributed by atoms with E-state index in [4.69, 9.17) is 9.47 Å². The second-order valence-electron chi connectivity index (χ2n) is 6.17. The maximum Gasteiger partial charge on any atom is 0.348 e. The number of hydrogen-bond donors (Lipinski definition) is 1. The number of rotatable bonds is 7. The highest BCUT2D eigenvalue weighted by Gasteiger charge is 2.33. The number of anilines is 1. The lowest BCUT2D eigenvalue weighted by molar-refractivity contribution is -0.313. The number of esters is 2. The molecule has 2 atom stereocenters. The molecule has 1 aliphatic rings. The lowest BCUT2D eigenvalue weighted by Crippen LogP contribution is -2.41. The van der Waals surface area contributed by atoms with E-state index in [1.165, 1.54) is 0 Å². The van der Waals surface area contributed by atoms with E-state index in [0.29, 0.717) is 5.56 Å². The fraction of sp³-hybridized carbons (Fsp3) is 0.474. The number of ether oxygens (including phenoxy) is 2. The maximum atomic E-state index is 12.7. The molecule has 2 rings (SSSR count). The highest BCUT2D eigenvalue weighted by molar-refractivity contribution is 7.18. The molecule has 0 saturated heterocycles. The number of amides is 1. The summed E-state index contributed by atoms with van der Waals surface area (Å²) in [5, 5.41) is 14.1. The van der Waals surface area contributed by atoms with E-state index in [1.54, 1.807) is 32.9 Å². The predicted molar refractivity (Wildman–Crippen MR) is 100.0 cm³/mol. The van der Waals surface area contributed by atoms with Crippen molar-refractivity contribution in [2.45, 2.75) is 33.6 Å². The Morgan fingerprint density at radius 2 is 1.64 bits per heavy atom. The van der Waals surface area contributed by atoms with Crippen molar-refractivity contribution in [1.29, 1.82) is 0 Å². The van der Waals surface area contributed by atoms with Gasteiger partial charge in [0.25, 0.3) is 0 Å². The van der Waals surface area contributed by atoms with Crippen LogP contribution in [0.4, 0.5) is 5.00 Å². The van der Waals surface area contributed by atoms with Gasteiger partial charge in [-0.2, -0.15) is 0 Å². The standard InChI is InChI=1S/C19H23NO7S/c1-4-26-18(24)13-10(3)14(19(25)27-5-2)28-16(13)20-15(21)11-8-6-7-9-12(11)17(22)23/h6-7,11-12H,4-5,8-9H2,1-3H3,(H,20,21)(H,22,23)/p-1/t11-,12+/m1/s1. The topological polar surface area (TPSA) is 122 Å². The number of aliphatic carboxylic acids is 1. The second-order valence-corrected chi connectivity index (χ2v) is 7.19. The summed E-state index contributed by atoms with van der Waals surface area (Å²) in [6, 6.07) is 0. The van der Waals surface area contributed by atoms with Crippen LogP contribution in [0.3, 0.4) is 0 Å². The van der Waals surface area contributed by atoms with Gasteiger partial charge in [0.05, 0.1) is 24.7 Å². The molecule has 9 heteroatoms. The number of nitrogens with one attached hydrogen (secondary N) is 1. The number of carboxylic acid groups (broad SMARTS) is 1. The van der Waals surface area contributed by atoms with Gasteiger partial charge in [0.15, 0.2) is 0 Å². The molecule has 8 nitrogen and oxygen atoms in total. The largest absolute Gasteiger partial charge is 0.550 e. The van der Waals surface area contributed by atoms with Crippen LogP contribution in [0.25, 0.3) is 0 Å². The van der Waals surface area contributed by atoms with E-state index in [-0.39, 0.29) is 41.5 Å². The molecule has 1 N–H and O–H groups in total. The molecule has 0 aliphatic heterocycles. The monoisotopic (exact) mass is 408 g/mol. The molecule has 0 aromatic carbocycles. The van der Waals surface area contributed by atoms with E-state index >= 15 is 0 Å². The van der Waals surface area contributed by atoms with E-state index in [9.17, 15) is 24.3 Å². The molecule has 0 unspecified atom stereocenters. The molecule has 1 amide bonds. The van der Waals surface area contributed by atoms with Gasteiger partial charge in [-0.25, -0.2) is 9.59 Å². The first-order chi connectivity index (χ1) is 13.3. The van der Waals surface area contributed by atoms with Gasteiger partial charge >= 0.3 is 11.9 Å². The minimum Gasteiger partial charge on any atom is -0.550 e. The van der Waals surface area contributed by atoms with Gasteiger partial charge < -0.3 is 24.7 Å². The van der Waals surface area contributed by atoms with E-state index in [2.05, 4.69) is 5.32 Å². The molecular formula is C19H22NO7S-. The first kappa shape index (κ1) is 21.6. The van der Waals surface area contributed by atoms with Crippen LogP contribution in [0.2, 0.25) is 0 Å². The van der Waals surface area contributed by atoms with Crippen molar-refractivity contribution < 1.29 is 33.8 Å². The normalized spacial score (nSPS) is 18.4. The van der Waals surface area contributed by atoms with Crippen molar-refractivity contribution in [3.63, 3.8) is 0 Å². The van der Waals surface area contributed by atoms with Crippen molar-refractivity contribution in [3.05, 3.63) is 28.2 Å². The molecule has 1 aromatic heterocycles. The summed E-state index contributed by atoms with van der Waals surface area (Å²) in [5.74, 6) is -4.93. The SMILES string of the molecule is CCOC(=O)c1sc(NC(=O)[C@@H]2CC=CC[C@@H]2C(=O)[O-])c(C(=O)OCC)c1C. The third kappa shape index (κ3) is 4.59. The first-order valence-corrected chi connectivity index (χ1v) is 9.77. The Bertz CT molecular complexity index is 811. The van der Waals surface area contributed by atoms with Crippen molar-refractivity contribution in [1.82, 2.24) is 0 Å². The molecule has 0 fully saturated rings. The Morgan fingerprint density at radius 1 is 1.07 bits per heavy atom. The summed E-state index contributed by atoms with van der Waals surface area (Å²) in [7, 11) is 0. The summed E-state index contributed by atoms with van der Waals surface area (Å²) in [4.78, 5) is 48.8. The highest BCUT2D eigenvalue weighted by Crippen LogP contribution is 2.36. The van der Waals surface area contributed by atoms with Crippen LogP contribution in [0, 0.1) is 18.8 Å². The van der Waals surface area contributed by atoms with E-state index in [1.807, 2.05) is 0 Å². The molecule has 1 aliphatic carbocycles. The van der Waals surface area contributed by atoms with Crippen LogP contribution in [0.1, 0.15) is 52.3 Å². The van der Waals surface area contributed by atoms with E-state index < -0.39 is 35.7 Å². The van der Waals surface area contributed by atoms with Gasteiger partial charge in [-0.1, -0.05) is 12.2 Å². The lowest BCUT2D eigenvalue weighted by atomic mass is 9.82. The summed E-state index contributed by atoms with van der Waals surface area (Å²) >= 11 is 0.902. The van der Waals surface area contributed by atoms with Crippen molar-refractivity contribution in [2.24, 2.45) is 11.8 Å². The van der Waals surface area contributed by atoms with Crippen molar-refractivity contribution >= 4 is 40.2 Å². The van der Waals surface area contributed by atoms with Gasteiger partial charge in [0, 0.05) is 11.9 Å². The first-order valence-electron chi connectivity index (χ1n) is 8.96. The molecule has 1 aromatic rings. The Kier molecular flexibility index (Phi) is 7.33. The Hall–Kier alpha value is -2.68. The van der Waals surface area contributed by atoms with Gasteiger partial charge in [0.2, 0.25) is 5.91 Å². The van der Waals surface area contributed by atoms with Crippen molar-refractivity contribution in [3.8, 4) is 0 Å². The number of carbonyl (C=O) groups is 4. The third-order valence-corrected chi connectivity index (χ3v) is 5.58. The zero-order valence-corrected chi connectivity index (χ0v) is 16.7. The summed E-state index contributed by atoms with van der Waals surface area (Å²) < 4.78 is 10.0. The van der Waals surface area contributed by atoms with Crippen LogP contribution < -0.4 is 10.4 Å². The van der Waals surface area contributed by atoms with Crippen LogP contribution in [0.5, 0.6) is 0 Å². The Balaban J connectivity index is 2.37. The van der Waals surface area contributed by atoms with Gasteiger partial charge in [-0.05, 0) is 39.2 Å². The van der Waals surface area contributed by atoms with Gasteiger partial charge in [-0.15, -0.1) is 11.3 Å². The molecular weight excluding hydrogens is 386 g/mol. The number of hydrogen-bond acceptors (Lipinski definition) is 8. The van der Waals surface area contributed by atoms with Crippen LogP contribution in [-0.4, -0.2) is 37.0 Å². The highest BCUT2D eigenvalue weighted by atomic mass is 32.1. The number of thiophene rings is 1. The summed E-state index contributed by atoms with van der Waals surface area (Å²) in [6.07, 6.45) is 3.87. The smallest absolute Gasteiger partial charge is 0.348 e. The number of carboxylic acids is 1. The van der Waals surface area contributed by atoms with Crippen molar-refractivity contribution in [2.75, 3.05) is 18.5 Å². The molecule has 0 radical (unpaired) electrons. The molecule has 0 saturated carbocycles. The molecule has 28 heavy (non-hydrogen) atoms. The van der Waals surface area contributed by atoms with Gasteiger partial charge in [-0.3, -0.25) is 4.79 Å². The summed E-state index contributed by atoms with van der Waals surface area (Å²) in [6.45, 7) is 5.15. The maximum absolute atomic E-state index is 12.7. The Labute approximate surface area is 166 Å². The fourth-order valence-electron chi connectivity index (χ4n) is 3.01. The van der Waals surface area contributed by atoms with E-state index in [0.717, 1.165) is 11.3 Å². The molecule has 0 spiro atoms. The molecule has 1 heterocycles. The quantitative estimate of drug-likeness (QED) is 0.538. The summed E-state index contributed by atoms with van der Waals surface area (Å²) in [5.41, 5.74) is 0.414. The average molecular weight is 408 g/mol. The zero-order valence-electron chi connectivity index (χ0n) is 15.9. The Morgan fingerprint density at radius 3 is 2.21 bits per heavy atom.